The van der Waals surface area contributed by atoms with Gasteiger partial charge in [-0.3, -0.25) is 37.3 Å². The molecule has 0 aromatic carbocycles. The first kappa shape index (κ1) is 83.1. The van der Waals surface area contributed by atoms with Gasteiger partial charge in [-0.15, -0.1) is 0 Å². The summed E-state index contributed by atoms with van der Waals surface area (Å²) in [7, 11) is -9.89. The number of unbranched alkanes of at least 4 members (excludes halogenated alkanes) is 35. The van der Waals surface area contributed by atoms with Gasteiger partial charge in [0, 0.05) is 25.7 Å². The minimum absolute atomic E-state index is 0.101. The Hall–Kier alpha value is -1.94. The molecule has 0 saturated carbocycles. The Morgan fingerprint density at radius 2 is 0.541 bits per heavy atom. The predicted molar refractivity (Wildman–Crippen MR) is 340 cm³/mol. The Kier molecular flexibility index (Phi) is 57.1. The van der Waals surface area contributed by atoms with Gasteiger partial charge in [0.15, 0.2) is 12.2 Å². The summed E-state index contributed by atoms with van der Waals surface area (Å²) in [5.74, 6) is -0.787. The fourth-order valence-corrected chi connectivity index (χ4v) is 11.5. The number of hydrogen-bond donors (Lipinski definition) is 3. The van der Waals surface area contributed by atoms with Crippen LogP contribution in [-0.4, -0.2) is 96.7 Å². The number of ether oxygens (including phenoxy) is 4. The lowest BCUT2D eigenvalue weighted by Gasteiger charge is -2.21. The summed E-state index contributed by atoms with van der Waals surface area (Å²) >= 11 is 0. The van der Waals surface area contributed by atoms with Crippen LogP contribution >= 0.6 is 15.6 Å². The summed E-state index contributed by atoms with van der Waals surface area (Å²) < 4.78 is 68.0. The van der Waals surface area contributed by atoms with Gasteiger partial charge in [0.2, 0.25) is 0 Å². The van der Waals surface area contributed by atoms with Gasteiger partial charge in [0.25, 0.3) is 0 Å². The van der Waals surface area contributed by atoms with E-state index in [-0.39, 0.29) is 25.7 Å². The maximum absolute atomic E-state index is 13.0. The Morgan fingerprint density at radius 3 is 0.800 bits per heavy atom. The average Bonchev–Trinajstić information content (AvgIpc) is 3.58. The lowest BCUT2D eigenvalue weighted by atomic mass is 10.0. The minimum atomic E-state index is -4.95. The van der Waals surface area contributed by atoms with Crippen molar-refractivity contribution in [3.8, 4) is 0 Å². The normalized spacial score (nSPS) is 14.2. The molecule has 2 unspecified atom stereocenters. The average molecular weight is 1260 g/mol. The highest BCUT2D eigenvalue weighted by Gasteiger charge is 2.30. The number of rotatable bonds is 65. The lowest BCUT2D eigenvalue weighted by molar-refractivity contribution is -0.161. The van der Waals surface area contributed by atoms with Gasteiger partial charge < -0.3 is 33.8 Å². The largest absolute Gasteiger partial charge is 0.472 e. The third-order valence-corrected chi connectivity index (χ3v) is 17.1. The quantitative estimate of drug-likeness (QED) is 0.0222. The van der Waals surface area contributed by atoms with Crippen LogP contribution in [0.2, 0.25) is 0 Å². The molecule has 0 aliphatic rings. The van der Waals surface area contributed by atoms with E-state index in [1.54, 1.807) is 0 Å². The van der Waals surface area contributed by atoms with Crippen LogP contribution in [0.4, 0.5) is 0 Å². The first-order chi connectivity index (χ1) is 40.9. The molecular weight excluding hydrogens is 1130 g/mol. The summed E-state index contributed by atoms with van der Waals surface area (Å²) in [5, 5.41) is 10.5. The molecule has 17 nitrogen and oxygen atoms in total. The van der Waals surface area contributed by atoms with Crippen LogP contribution in [0.3, 0.4) is 0 Å². The van der Waals surface area contributed by atoms with Crippen molar-refractivity contribution in [1.29, 1.82) is 0 Å². The second-order valence-corrected chi connectivity index (χ2v) is 27.7. The highest BCUT2D eigenvalue weighted by atomic mass is 31.2. The number of carbonyl (C=O) groups excluding carboxylic acids is 4. The predicted octanol–water partition coefficient (Wildman–Crippen LogP) is 18.4. The summed E-state index contributed by atoms with van der Waals surface area (Å²) in [6.45, 7) is 9.34. The molecule has 504 valence electrons. The Bertz CT molecular complexity index is 1670. The first-order valence-electron chi connectivity index (χ1n) is 34.5. The molecule has 0 fully saturated rings. The van der Waals surface area contributed by atoms with Gasteiger partial charge in [-0.25, -0.2) is 9.13 Å². The number of aliphatic hydroxyl groups is 1. The van der Waals surface area contributed by atoms with Crippen molar-refractivity contribution in [3.05, 3.63) is 0 Å². The zero-order valence-corrected chi connectivity index (χ0v) is 56.7. The second kappa shape index (κ2) is 58.4. The number of aliphatic hydroxyl groups excluding tert-OH is 1. The van der Waals surface area contributed by atoms with E-state index < -0.39 is 97.5 Å². The van der Waals surface area contributed by atoms with Crippen LogP contribution in [0.25, 0.3) is 0 Å². The molecule has 0 heterocycles. The molecule has 5 atom stereocenters. The number of phosphoric acid groups is 2. The molecule has 0 aliphatic carbocycles. The lowest BCUT2D eigenvalue weighted by Crippen LogP contribution is -2.30. The maximum Gasteiger partial charge on any atom is 0.472 e. The highest BCUT2D eigenvalue weighted by Crippen LogP contribution is 2.45. The fraction of sp³-hybridized carbons (Fsp3) is 0.939. The van der Waals surface area contributed by atoms with Gasteiger partial charge in [0.05, 0.1) is 26.4 Å². The topological polar surface area (TPSA) is 237 Å². The maximum atomic E-state index is 13.0. The van der Waals surface area contributed by atoms with E-state index in [0.717, 1.165) is 96.3 Å². The van der Waals surface area contributed by atoms with Gasteiger partial charge in [-0.05, 0) is 37.5 Å². The number of carbonyl (C=O) groups is 4. The van der Waals surface area contributed by atoms with E-state index in [0.29, 0.717) is 37.5 Å². The molecule has 0 aliphatic heterocycles. The Morgan fingerprint density at radius 1 is 0.318 bits per heavy atom. The molecule has 0 rings (SSSR count). The Labute approximate surface area is 517 Å². The molecule has 85 heavy (non-hydrogen) atoms. The zero-order chi connectivity index (χ0) is 62.9. The van der Waals surface area contributed by atoms with Crippen molar-refractivity contribution in [2.45, 2.75) is 349 Å². The number of phosphoric ester groups is 2. The zero-order valence-electron chi connectivity index (χ0n) is 54.9. The first-order valence-corrected chi connectivity index (χ1v) is 37.5. The molecule has 0 bridgehead atoms. The third kappa shape index (κ3) is 60.7. The molecule has 0 aromatic heterocycles. The molecule has 0 saturated heterocycles. The van der Waals surface area contributed by atoms with Gasteiger partial charge in [0.1, 0.15) is 19.3 Å². The number of hydrogen-bond acceptors (Lipinski definition) is 15. The molecule has 19 heteroatoms. The van der Waals surface area contributed by atoms with Gasteiger partial charge >= 0.3 is 39.5 Å². The minimum Gasteiger partial charge on any atom is -0.462 e. The summed E-state index contributed by atoms with van der Waals surface area (Å²) in [4.78, 5) is 72.2. The van der Waals surface area contributed by atoms with E-state index in [1.165, 1.54) is 141 Å². The van der Waals surface area contributed by atoms with Gasteiger partial charge in [-0.2, -0.15) is 0 Å². The van der Waals surface area contributed by atoms with Crippen LogP contribution in [-0.2, 0) is 65.4 Å². The standard InChI is InChI=1S/C66H128O17P2/c1-7-9-11-13-15-17-19-20-21-22-23-25-27-29-38-44-50-65(70)82-61(54-76-63(68)48-42-36-28-26-24-18-16-14-12-10-8-2)56-80-84(72,73)78-52-60(67)53-79-85(74,75)81-57-62(83-66(71)51-45-39-33-31-35-41-47-59(5)6)55-77-64(69)49-43-37-32-30-34-40-46-58(3)4/h58-62,67H,7-57H2,1-6H3,(H,72,73)(H,74,75)/t60-,61-,62-/m1/s1. The van der Waals surface area contributed by atoms with E-state index in [9.17, 15) is 43.2 Å². The van der Waals surface area contributed by atoms with E-state index >= 15 is 0 Å². The molecule has 0 aromatic rings. The van der Waals surface area contributed by atoms with Crippen LogP contribution in [0, 0.1) is 11.8 Å². The SMILES string of the molecule is CCCCCCCCCCCCCCCCCCC(=O)O[C@H](COC(=O)CCCCCCCCCCCCC)COP(=O)(O)OC[C@@H](O)COP(=O)(O)OC[C@@H](COC(=O)CCCCCCCCC(C)C)OC(=O)CCCCCCCCC(C)C. The van der Waals surface area contributed by atoms with Crippen LogP contribution in [0.15, 0.2) is 0 Å². The fourth-order valence-electron chi connectivity index (χ4n) is 9.88. The van der Waals surface area contributed by atoms with Crippen molar-refractivity contribution in [2.24, 2.45) is 11.8 Å². The molecule has 0 radical (unpaired) electrons. The Balaban J connectivity index is 5.21. The smallest absolute Gasteiger partial charge is 0.462 e. The second-order valence-electron chi connectivity index (χ2n) is 24.8. The van der Waals surface area contributed by atoms with Crippen molar-refractivity contribution in [3.63, 3.8) is 0 Å². The highest BCUT2D eigenvalue weighted by molar-refractivity contribution is 7.47. The summed E-state index contributed by atoms with van der Waals surface area (Å²) in [6.07, 6.45) is 42.0. The van der Waals surface area contributed by atoms with Crippen molar-refractivity contribution in [1.82, 2.24) is 0 Å². The summed E-state index contributed by atoms with van der Waals surface area (Å²) in [5.41, 5.74) is 0. The van der Waals surface area contributed by atoms with E-state index in [1.807, 2.05) is 0 Å². The van der Waals surface area contributed by atoms with Crippen molar-refractivity contribution >= 4 is 39.5 Å². The van der Waals surface area contributed by atoms with Crippen LogP contribution < -0.4 is 0 Å². The van der Waals surface area contributed by atoms with Gasteiger partial charge in [-0.1, -0.05) is 279 Å². The van der Waals surface area contributed by atoms with E-state index in [2.05, 4.69) is 41.5 Å². The van der Waals surface area contributed by atoms with Crippen molar-refractivity contribution < 1.29 is 80.2 Å². The van der Waals surface area contributed by atoms with Crippen LogP contribution in [0.5, 0.6) is 0 Å². The molecular formula is C66H128O17P2. The number of esters is 4. The molecule has 0 spiro atoms. The van der Waals surface area contributed by atoms with E-state index in [4.69, 9.17) is 37.0 Å². The third-order valence-electron chi connectivity index (χ3n) is 15.2. The summed E-state index contributed by atoms with van der Waals surface area (Å²) in [6, 6.07) is 0. The van der Waals surface area contributed by atoms with Crippen molar-refractivity contribution in [2.75, 3.05) is 39.6 Å². The van der Waals surface area contributed by atoms with Crippen LogP contribution in [0.1, 0.15) is 330 Å². The molecule has 3 N–H and O–H groups in total. The monoisotopic (exact) mass is 1250 g/mol. The molecule has 0 amide bonds.